The summed E-state index contributed by atoms with van der Waals surface area (Å²) >= 11 is 0. The molecular formula is C13H20ClN3O. The molecule has 100 valence electrons. The van der Waals surface area contributed by atoms with Gasteiger partial charge in [0.1, 0.15) is 0 Å². The van der Waals surface area contributed by atoms with Crippen molar-refractivity contribution in [1.82, 2.24) is 4.90 Å². The molecule has 1 fully saturated rings. The topological polar surface area (TPSA) is 58.4 Å². The first-order valence-electron chi connectivity index (χ1n) is 6.02. The fraction of sp³-hybridized carbons (Fsp3) is 0.462. The number of hydrogen-bond acceptors (Lipinski definition) is 3. The van der Waals surface area contributed by atoms with Crippen molar-refractivity contribution < 1.29 is 4.79 Å². The molecule has 1 saturated heterocycles. The van der Waals surface area contributed by atoms with Gasteiger partial charge in [0.2, 0.25) is 5.91 Å². The van der Waals surface area contributed by atoms with E-state index in [1.54, 1.807) is 0 Å². The van der Waals surface area contributed by atoms with E-state index in [4.69, 9.17) is 5.73 Å². The minimum Gasteiger partial charge on any atom is -0.326 e. The molecule has 0 aliphatic carbocycles. The van der Waals surface area contributed by atoms with E-state index in [0.717, 1.165) is 25.2 Å². The van der Waals surface area contributed by atoms with Crippen LogP contribution >= 0.6 is 12.4 Å². The molecule has 0 saturated carbocycles. The van der Waals surface area contributed by atoms with Gasteiger partial charge in [-0.15, -0.1) is 12.4 Å². The minimum atomic E-state index is -0.122. The first kappa shape index (κ1) is 15.0. The largest absolute Gasteiger partial charge is 0.326 e. The summed E-state index contributed by atoms with van der Waals surface area (Å²) in [6, 6.07) is 9.61. The number of nitrogens with zero attached hydrogens (tertiary/aromatic N) is 1. The Morgan fingerprint density at radius 3 is 2.67 bits per heavy atom. The quantitative estimate of drug-likeness (QED) is 0.874. The zero-order chi connectivity index (χ0) is 12.3. The molecule has 1 heterocycles. The van der Waals surface area contributed by atoms with E-state index >= 15 is 0 Å². The van der Waals surface area contributed by atoms with Gasteiger partial charge in [-0.2, -0.15) is 0 Å². The van der Waals surface area contributed by atoms with E-state index in [9.17, 15) is 4.79 Å². The van der Waals surface area contributed by atoms with E-state index < -0.39 is 0 Å². The number of hydrogen-bond donors (Lipinski definition) is 2. The number of carbonyl (C=O) groups excluding carboxylic acids is 1. The van der Waals surface area contributed by atoms with Crippen LogP contribution < -0.4 is 11.1 Å². The van der Waals surface area contributed by atoms with E-state index in [1.807, 2.05) is 37.3 Å². The number of para-hydroxylation sites is 1. The van der Waals surface area contributed by atoms with E-state index in [1.165, 1.54) is 0 Å². The van der Waals surface area contributed by atoms with Crippen LogP contribution in [0.2, 0.25) is 0 Å². The summed E-state index contributed by atoms with van der Waals surface area (Å²) in [4.78, 5) is 14.1. The zero-order valence-electron chi connectivity index (χ0n) is 10.5. The van der Waals surface area contributed by atoms with Crippen LogP contribution in [0.3, 0.4) is 0 Å². The molecule has 0 radical (unpaired) electrons. The predicted molar refractivity (Wildman–Crippen MR) is 75.9 cm³/mol. The molecule has 2 rings (SSSR count). The number of nitrogens with two attached hydrogens (primary N) is 1. The molecule has 1 aliphatic heterocycles. The number of rotatable bonds is 3. The summed E-state index contributed by atoms with van der Waals surface area (Å²) in [5, 5.41) is 2.91. The van der Waals surface area contributed by atoms with Crippen LogP contribution in [0.25, 0.3) is 0 Å². The number of anilines is 1. The third-order valence-electron chi connectivity index (χ3n) is 3.22. The molecule has 1 aromatic rings. The fourth-order valence-corrected chi connectivity index (χ4v) is 2.10. The van der Waals surface area contributed by atoms with Gasteiger partial charge in [-0.3, -0.25) is 9.69 Å². The maximum atomic E-state index is 12.0. The molecule has 3 N–H and O–H groups in total. The summed E-state index contributed by atoms with van der Waals surface area (Å²) in [6.07, 6.45) is 0.975. The summed E-state index contributed by atoms with van der Waals surface area (Å²) in [5.41, 5.74) is 6.68. The van der Waals surface area contributed by atoms with Gasteiger partial charge in [0.25, 0.3) is 0 Å². The van der Waals surface area contributed by atoms with Crippen molar-refractivity contribution in [2.75, 3.05) is 18.4 Å². The standard InChI is InChI=1S/C13H19N3O.ClH/c1-10(16-8-7-11(14)9-16)13(17)15-12-5-3-2-4-6-12;/h2-6,10-11H,7-9,14H2,1H3,(H,15,17);1H. The molecule has 5 heteroatoms. The monoisotopic (exact) mass is 269 g/mol. The van der Waals surface area contributed by atoms with Gasteiger partial charge in [0, 0.05) is 24.8 Å². The van der Waals surface area contributed by atoms with Crippen LogP contribution in [0, 0.1) is 0 Å². The fourth-order valence-electron chi connectivity index (χ4n) is 2.10. The summed E-state index contributed by atoms with van der Waals surface area (Å²) < 4.78 is 0. The van der Waals surface area contributed by atoms with E-state index in [2.05, 4.69) is 10.2 Å². The molecule has 0 aromatic heterocycles. The highest BCUT2D eigenvalue weighted by Gasteiger charge is 2.27. The molecule has 1 aliphatic rings. The number of amides is 1. The highest BCUT2D eigenvalue weighted by Crippen LogP contribution is 2.13. The van der Waals surface area contributed by atoms with Crippen molar-refractivity contribution in [2.24, 2.45) is 5.73 Å². The number of nitrogens with one attached hydrogen (secondary N) is 1. The number of likely N-dealkylation sites (tertiary alicyclic amines) is 1. The van der Waals surface area contributed by atoms with Crippen molar-refractivity contribution in [3.05, 3.63) is 30.3 Å². The molecule has 0 spiro atoms. The van der Waals surface area contributed by atoms with Crippen LogP contribution in [-0.2, 0) is 4.79 Å². The lowest BCUT2D eigenvalue weighted by Crippen LogP contribution is -2.41. The zero-order valence-corrected chi connectivity index (χ0v) is 11.3. The molecule has 2 unspecified atom stereocenters. The maximum absolute atomic E-state index is 12.0. The summed E-state index contributed by atoms with van der Waals surface area (Å²) in [6.45, 7) is 3.64. The number of benzene rings is 1. The molecule has 1 amide bonds. The Balaban J connectivity index is 0.00000162. The smallest absolute Gasteiger partial charge is 0.241 e. The normalized spacial score (nSPS) is 21.1. The average molecular weight is 270 g/mol. The van der Waals surface area contributed by atoms with Gasteiger partial charge < -0.3 is 11.1 Å². The third kappa shape index (κ3) is 3.70. The molecule has 0 bridgehead atoms. The number of carbonyl (C=O) groups is 1. The Morgan fingerprint density at radius 2 is 2.11 bits per heavy atom. The van der Waals surface area contributed by atoms with Gasteiger partial charge in [0.05, 0.1) is 6.04 Å². The van der Waals surface area contributed by atoms with Crippen LogP contribution in [-0.4, -0.2) is 36.0 Å². The van der Waals surface area contributed by atoms with Crippen molar-refractivity contribution >= 4 is 24.0 Å². The Kier molecular flexibility index (Phi) is 5.59. The van der Waals surface area contributed by atoms with E-state index in [-0.39, 0.29) is 30.4 Å². The Bertz CT molecular complexity index is 385. The highest BCUT2D eigenvalue weighted by atomic mass is 35.5. The van der Waals surface area contributed by atoms with Gasteiger partial charge >= 0.3 is 0 Å². The summed E-state index contributed by atoms with van der Waals surface area (Å²) in [7, 11) is 0. The lowest BCUT2D eigenvalue weighted by molar-refractivity contribution is -0.120. The SMILES string of the molecule is CC(C(=O)Nc1ccccc1)N1CCC(N)C1.Cl. The van der Waals surface area contributed by atoms with Crippen LogP contribution in [0.5, 0.6) is 0 Å². The second-order valence-electron chi connectivity index (χ2n) is 4.57. The van der Waals surface area contributed by atoms with Crippen LogP contribution in [0.15, 0.2) is 30.3 Å². The van der Waals surface area contributed by atoms with Crippen molar-refractivity contribution in [1.29, 1.82) is 0 Å². The van der Waals surface area contributed by atoms with Crippen molar-refractivity contribution in [3.63, 3.8) is 0 Å². The molecule has 4 nitrogen and oxygen atoms in total. The van der Waals surface area contributed by atoms with Gasteiger partial charge in [-0.05, 0) is 25.5 Å². The molecule has 1 aromatic carbocycles. The third-order valence-corrected chi connectivity index (χ3v) is 3.22. The molecular weight excluding hydrogens is 250 g/mol. The first-order chi connectivity index (χ1) is 8.16. The minimum absolute atomic E-state index is 0. The molecule has 2 atom stereocenters. The lowest BCUT2D eigenvalue weighted by Gasteiger charge is -2.23. The summed E-state index contributed by atoms with van der Waals surface area (Å²) in [5.74, 6) is 0.0327. The van der Waals surface area contributed by atoms with Crippen molar-refractivity contribution in [2.45, 2.75) is 25.4 Å². The van der Waals surface area contributed by atoms with Gasteiger partial charge in [-0.1, -0.05) is 18.2 Å². The predicted octanol–water partition coefficient (Wildman–Crippen LogP) is 1.47. The second kappa shape index (κ2) is 6.73. The van der Waals surface area contributed by atoms with Crippen LogP contribution in [0.1, 0.15) is 13.3 Å². The first-order valence-corrected chi connectivity index (χ1v) is 6.02. The lowest BCUT2D eigenvalue weighted by atomic mass is 10.2. The Labute approximate surface area is 114 Å². The van der Waals surface area contributed by atoms with Crippen molar-refractivity contribution in [3.8, 4) is 0 Å². The van der Waals surface area contributed by atoms with Crippen LogP contribution in [0.4, 0.5) is 5.69 Å². The van der Waals surface area contributed by atoms with Gasteiger partial charge in [0.15, 0.2) is 0 Å². The van der Waals surface area contributed by atoms with Gasteiger partial charge in [-0.25, -0.2) is 0 Å². The Morgan fingerprint density at radius 1 is 1.44 bits per heavy atom. The second-order valence-corrected chi connectivity index (χ2v) is 4.57. The number of halogens is 1. The Hall–Kier alpha value is -1.10. The maximum Gasteiger partial charge on any atom is 0.241 e. The average Bonchev–Trinajstić information content (AvgIpc) is 2.76. The molecule has 18 heavy (non-hydrogen) atoms. The van der Waals surface area contributed by atoms with E-state index in [0.29, 0.717) is 0 Å². The highest BCUT2D eigenvalue weighted by molar-refractivity contribution is 5.94.